The second-order valence-electron chi connectivity index (χ2n) is 9.36. The summed E-state index contributed by atoms with van der Waals surface area (Å²) >= 11 is 1.73. The molecule has 0 radical (unpaired) electrons. The van der Waals surface area contributed by atoms with Crippen molar-refractivity contribution in [3.05, 3.63) is 121 Å². The van der Waals surface area contributed by atoms with E-state index in [-0.39, 0.29) is 0 Å². The van der Waals surface area contributed by atoms with Crippen LogP contribution >= 0.6 is 11.3 Å². The van der Waals surface area contributed by atoms with Gasteiger partial charge in [0.15, 0.2) is 0 Å². The number of imidazole rings is 1. The molecule has 0 saturated carbocycles. The molecule has 178 valence electrons. The zero-order chi connectivity index (χ0) is 25.1. The van der Waals surface area contributed by atoms with E-state index in [1.54, 1.807) is 11.3 Å². The number of aromatic nitrogens is 4. The van der Waals surface area contributed by atoms with Gasteiger partial charge in [0.2, 0.25) is 0 Å². The van der Waals surface area contributed by atoms with E-state index in [9.17, 15) is 0 Å². The summed E-state index contributed by atoms with van der Waals surface area (Å²) in [4.78, 5) is 15.0. The van der Waals surface area contributed by atoms with Gasteiger partial charge in [0.05, 0.1) is 26.9 Å². The third kappa shape index (κ3) is 3.33. The lowest BCUT2D eigenvalue weighted by atomic mass is 10.0. The molecule has 0 unspecified atom stereocenters. The van der Waals surface area contributed by atoms with Crippen LogP contribution in [0.5, 0.6) is 0 Å². The van der Waals surface area contributed by atoms with Gasteiger partial charge >= 0.3 is 0 Å². The lowest BCUT2D eigenvalue weighted by Gasteiger charge is -2.09. The molecule has 0 aliphatic heterocycles. The molecule has 8 aromatic rings. The Balaban J connectivity index is 1.24. The molecule has 0 fully saturated rings. The highest BCUT2D eigenvalue weighted by atomic mass is 32.1. The van der Waals surface area contributed by atoms with Crippen LogP contribution in [-0.2, 0) is 0 Å². The summed E-state index contributed by atoms with van der Waals surface area (Å²) in [5, 5.41) is 2.12. The summed E-state index contributed by atoms with van der Waals surface area (Å²) in [6.07, 6.45) is 2.06. The molecule has 0 aliphatic rings. The third-order valence-corrected chi connectivity index (χ3v) is 8.13. The van der Waals surface area contributed by atoms with Gasteiger partial charge in [-0.15, -0.1) is 11.3 Å². The van der Waals surface area contributed by atoms with E-state index in [1.165, 1.54) is 4.70 Å². The number of hydrogen-bond acceptors (Lipinski definition) is 4. The zero-order valence-corrected chi connectivity index (χ0v) is 21.1. The first-order valence-electron chi connectivity index (χ1n) is 12.5. The normalized spacial score (nSPS) is 11.7. The van der Waals surface area contributed by atoms with Crippen molar-refractivity contribution in [2.45, 2.75) is 0 Å². The van der Waals surface area contributed by atoms with E-state index in [1.807, 2.05) is 36.4 Å². The van der Waals surface area contributed by atoms with E-state index >= 15 is 0 Å². The van der Waals surface area contributed by atoms with E-state index < -0.39 is 0 Å². The molecule has 8 rings (SSSR count). The number of pyridine rings is 2. The number of thiazole rings is 1. The molecule has 0 aliphatic carbocycles. The van der Waals surface area contributed by atoms with Crippen molar-refractivity contribution in [3.8, 4) is 33.0 Å². The Hall–Kier alpha value is -4.87. The SMILES string of the molecule is c1ccc(-c2nc3cc(-c4ccc(-c5nc6ccccc6c6nc7ccccn7c56)cc4)ccc3s2)cc1. The number of nitrogens with zero attached hydrogens (tertiary/aromatic N) is 4. The molecule has 0 atom stereocenters. The predicted octanol–water partition coefficient (Wildman–Crippen LogP) is 8.65. The van der Waals surface area contributed by atoms with Gasteiger partial charge < -0.3 is 0 Å². The summed E-state index contributed by atoms with van der Waals surface area (Å²) in [6.45, 7) is 0. The number of para-hydroxylation sites is 1. The minimum atomic E-state index is 0.921. The Labute approximate surface area is 222 Å². The maximum Gasteiger partial charge on any atom is 0.137 e. The van der Waals surface area contributed by atoms with Crippen molar-refractivity contribution in [2.75, 3.05) is 0 Å². The van der Waals surface area contributed by atoms with Crippen molar-refractivity contribution < 1.29 is 0 Å². The molecule has 5 heteroatoms. The summed E-state index contributed by atoms with van der Waals surface area (Å²) in [6, 6.07) is 39.9. The number of benzene rings is 4. The highest BCUT2D eigenvalue weighted by Crippen LogP contribution is 2.35. The number of rotatable bonds is 3. The highest BCUT2D eigenvalue weighted by Gasteiger charge is 2.16. The van der Waals surface area contributed by atoms with Crippen LogP contribution in [0.25, 0.3) is 70.8 Å². The first-order valence-corrected chi connectivity index (χ1v) is 13.4. The van der Waals surface area contributed by atoms with Gasteiger partial charge in [0.25, 0.3) is 0 Å². The quantitative estimate of drug-likeness (QED) is 0.242. The average molecular weight is 505 g/mol. The Morgan fingerprint density at radius 3 is 2.21 bits per heavy atom. The maximum atomic E-state index is 5.10. The second-order valence-corrected chi connectivity index (χ2v) is 10.4. The van der Waals surface area contributed by atoms with Crippen LogP contribution in [0, 0.1) is 0 Å². The average Bonchev–Trinajstić information content (AvgIpc) is 3.59. The van der Waals surface area contributed by atoms with Crippen LogP contribution in [0.2, 0.25) is 0 Å². The second kappa shape index (κ2) is 8.33. The smallest absolute Gasteiger partial charge is 0.137 e. The first-order chi connectivity index (χ1) is 18.8. The molecule has 4 nitrogen and oxygen atoms in total. The maximum absolute atomic E-state index is 5.10. The Morgan fingerprint density at radius 2 is 1.32 bits per heavy atom. The highest BCUT2D eigenvalue weighted by molar-refractivity contribution is 7.21. The lowest BCUT2D eigenvalue weighted by Crippen LogP contribution is -1.92. The van der Waals surface area contributed by atoms with Crippen molar-refractivity contribution in [1.29, 1.82) is 0 Å². The molecule has 38 heavy (non-hydrogen) atoms. The minimum Gasteiger partial charge on any atom is -0.298 e. The molecule has 0 bridgehead atoms. The van der Waals surface area contributed by atoms with Gasteiger partial charge in [0, 0.05) is 22.7 Å². The van der Waals surface area contributed by atoms with E-state index in [0.717, 1.165) is 66.1 Å². The molecule has 0 N–H and O–H groups in total. The Bertz CT molecular complexity index is 2120. The fourth-order valence-corrected chi connectivity index (χ4v) is 6.14. The third-order valence-electron chi connectivity index (χ3n) is 7.05. The summed E-state index contributed by atoms with van der Waals surface area (Å²) in [7, 11) is 0. The molecule has 0 amide bonds. The minimum absolute atomic E-state index is 0.921. The number of hydrogen-bond donors (Lipinski definition) is 0. The molecule has 4 heterocycles. The van der Waals surface area contributed by atoms with Crippen LogP contribution in [0.1, 0.15) is 0 Å². The van der Waals surface area contributed by atoms with E-state index in [4.69, 9.17) is 15.0 Å². The first kappa shape index (κ1) is 21.2. The van der Waals surface area contributed by atoms with Crippen LogP contribution in [0.15, 0.2) is 121 Å². The summed E-state index contributed by atoms with van der Waals surface area (Å²) in [5.74, 6) is 0. The molecule has 4 aromatic heterocycles. The molecular weight excluding hydrogens is 484 g/mol. The van der Waals surface area contributed by atoms with Crippen LogP contribution in [0.4, 0.5) is 0 Å². The molecule has 4 aromatic carbocycles. The van der Waals surface area contributed by atoms with Crippen molar-refractivity contribution in [1.82, 2.24) is 19.4 Å². The largest absolute Gasteiger partial charge is 0.298 e. The predicted molar refractivity (Wildman–Crippen MR) is 157 cm³/mol. The molecule has 0 spiro atoms. The fourth-order valence-electron chi connectivity index (χ4n) is 5.19. The van der Waals surface area contributed by atoms with Gasteiger partial charge in [0.1, 0.15) is 16.2 Å². The monoisotopic (exact) mass is 504 g/mol. The van der Waals surface area contributed by atoms with Crippen LogP contribution in [0.3, 0.4) is 0 Å². The molecular formula is C33H20N4S. The van der Waals surface area contributed by atoms with Crippen molar-refractivity contribution >= 4 is 49.1 Å². The van der Waals surface area contributed by atoms with Crippen LogP contribution < -0.4 is 0 Å². The summed E-state index contributed by atoms with van der Waals surface area (Å²) in [5.41, 5.74) is 10.4. The lowest BCUT2D eigenvalue weighted by molar-refractivity contribution is 1.22. The van der Waals surface area contributed by atoms with Gasteiger partial charge in [-0.25, -0.2) is 15.0 Å². The van der Waals surface area contributed by atoms with Crippen molar-refractivity contribution in [3.63, 3.8) is 0 Å². The Morgan fingerprint density at radius 1 is 0.553 bits per heavy atom. The fraction of sp³-hybridized carbons (Fsp3) is 0. The summed E-state index contributed by atoms with van der Waals surface area (Å²) < 4.78 is 3.33. The molecule has 0 saturated heterocycles. The topological polar surface area (TPSA) is 43.1 Å². The Kier molecular flexibility index (Phi) is 4.66. The zero-order valence-electron chi connectivity index (χ0n) is 20.2. The van der Waals surface area contributed by atoms with Crippen LogP contribution in [-0.4, -0.2) is 19.4 Å². The van der Waals surface area contributed by atoms with Gasteiger partial charge in [-0.1, -0.05) is 84.9 Å². The van der Waals surface area contributed by atoms with Gasteiger partial charge in [-0.2, -0.15) is 0 Å². The van der Waals surface area contributed by atoms with E-state index in [0.29, 0.717) is 0 Å². The van der Waals surface area contributed by atoms with E-state index in [2.05, 4.69) is 89.5 Å². The van der Waals surface area contributed by atoms with Gasteiger partial charge in [-0.3, -0.25) is 4.40 Å². The van der Waals surface area contributed by atoms with Crippen molar-refractivity contribution in [2.24, 2.45) is 0 Å². The number of fused-ring (bicyclic) bond motifs is 6. The van der Waals surface area contributed by atoms with Gasteiger partial charge in [-0.05, 0) is 41.5 Å². The standard InChI is InChI=1S/C33H20N4S/c1-2-8-23(9-3-1)33-35-27-20-24(17-18-28(27)38-33)21-13-15-22(16-14-21)30-32-31(25-10-4-5-11-26(25)34-30)36-29-12-6-7-19-37(29)32/h1-20H.